The smallest absolute Gasteiger partial charge is 0.264 e. The van der Waals surface area contributed by atoms with E-state index < -0.39 is 22.5 Å². The number of hydrogen-bond acceptors (Lipinski definition) is 7. The van der Waals surface area contributed by atoms with E-state index in [1.807, 2.05) is 6.92 Å². The molecule has 3 rings (SSSR count). The quantitative estimate of drug-likeness (QED) is 0.258. The highest BCUT2D eigenvalue weighted by Crippen LogP contribution is 2.32. The molecule has 12 heteroatoms. The molecule has 1 N–H and O–H groups in total. The van der Waals surface area contributed by atoms with Crippen molar-refractivity contribution in [2.24, 2.45) is 0 Å². The van der Waals surface area contributed by atoms with Crippen molar-refractivity contribution in [1.29, 1.82) is 0 Å². The van der Waals surface area contributed by atoms with Crippen LogP contribution in [0.4, 0.5) is 10.1 Å². The van der Waals surface area contributed by atoms with Crippen molar-refractivity contribution in [1.82, 2.24) is 5.32 Å². The van der Waals surface area contributed by atoms with Crippen molar-refractivity contribution in [3.8, 4) is 17.2 Å². The Morgan fingerprint density at radius 1 is 1.05 bits per heavy atom. The SMILES string of the molecule is CCOc1ccc(N(CC(=O)NCCSCc2c(F)cccc2Cl)S(=O)(=O)c2ccc(OC)c(OC)c2)cc1. The highest BCUT2D eigenvalue weighted by atomic mass is 35.5. The molecule has 0 aliphatic carbocycles. The van der Waals surface area contributed by atoms with Crippen LogP contribution in [0.15, 0.2) is 65.6 Å². The molecule has 0 spiro atoms. The number of ether oxygens (including phenoxy) is 3. The topological polar surface area (TPSA) is 94.2 Å². The van der Waals surface area contributed by atoms with E-state index in [9.17, 15) is 17.6 Å². The van der Waals surface area contributed by atoms with Gasteiger partial charge in [0.1, 0.15) is 18.1 Å². The van der Waals surface area contributed by atoms with Gasteiger partial charge in [-0.25, -0.2) is 12.8 Å². The molecular formula is C27H30ClFN2O6S2. The summed E-state index contributed by atoms with van der Waals surface area (Å²) in [5.74, 6) is 1.11. The lowest BCUT2D eigenvalue weighted by Crippen LogP contribution is -2.41. The number of anilines is 1. The van der Waals surface area contributed by atoms with Gasteiger partial charge in [-0.3, -0.25) is 9.10 Å². The van der Waals surface area contributed by atoms with E-state index >= 15 is 0 Å². The van der Waals surface area contributed by atoms with Gasteiger partial charge in [-0.2, -0.15) is 11.8 Å². The summed E-state index contributed by atoms with van der Waals surface area (Å²) in [5.41, 5.74) is 0.685. The normalized spacial score (nSPS) is 11.1. The average molecular weight is 597 g/mol. The van der Waals surface area contributed by atoms with Crippen LogP contribution in [0.3, 0.4) is 0 Å². The first-order chi connectivity index (χ1) is 18.7. The molecule has 0 saturated heterocycles. The highest BCUT2D eigenvalue weighted by molar-refractivity contribution is 7.98. The molecule has 3 aromatic carbocycles. The zero-order chi connectivity index (χ0) is 28.4. The molecule has 8 nitrogen and oxygen atoms in total. The zero-order valence-electron chi connectivity index (χ0n) is 21.8. The summed E-state index contributed by atoms with van der Waals surface area (Å²) in [6, 6.07) is 15.2. The van der Waals surface area contributed by atoms with Gasteiger partial charge in [-0.1, -0.05) is 17.7 Å². The molecule has 0 fully saturated rings. The van der Waals surface area contributed by atoms with Crippen molar-refractivity contribution in [2.75, 3.05) is 44.0 Å². The van der Waals surface area contributed by atoms with Crippen LogP contribution >= 0.6 is 23.4 Å². The molecule has 0 atom stereocenters. The number of thioether (sulfide) groups is 1. The number of sulfonamides is 1. The summed E-state index contributed by atoms with van der Waals surface area (Å²) < 4.78 is 58.3. The van der Waals surface area contributed by atoms with Crippen LogP contribution in [0.5, 0.6) is 17.2 Å². The number of carbonyl (C=O) groups excluding carboxylic acids is 1. The lowest BCUT2D eigenvalue weighted by Gasteiger charge is -2.24. The molecule has 0 aliphatic rings. The first kappa shape index (κ1) is 30.4. The predicted octanol–water partition coefficient (Wildman–Crippen LogP) is 5.14. The summed E-state index contributed by atoms with van der Waals surface area (Å²) in [4.78, 5) is 12.8. The Balaban J connectivity index is 1.74. The number of methoxy groups -OCH3 is 2. The molecule has 0 heterocycles. The maximum absolute atomic E-state index is 13.9. The first-order valence-electron chi connectivity index (χ1n) is 12.0. The van der Waals surface area contributed by atoms with Crippen LogP contribution in [0.2, 0.25) is 5.02 Å². The standard InChI is InChI=1S/C27H30ClFN2O6S2/c1-4-37-20-10-8-19(9-11-20)31(39(33,34)21-12-13-25(35-2)26(16-21)36-3)17-27(32)30-14-15-38-18-22-23(28)6-5-7-24(22)29/h5-13,16H,4,14-15,17-18H2,1-3H3,(H,30,32). The lowest BCUT2D eigenvalue weighted by atomic mass is 10.2. The van der Waals surface area contributed by atoms with Gasteiger partial charge in [-0.05, 0) is 55.5 Å². The third-order valence-corrected chi connectivity index (χ3v) is 8.65. The highest BCUT2D eigenvalue weighted by Gasteiger charge is 2.28. The summed E-state index contributed by atoms with van der Waals surface area (Å²) in [5, 5.41) is 3.08. The third-order valence-electron chi connectivity index (χ3n) is 5.54. The van der Waals surface area contributed by atoms with Gasteiger partial charge in [0.2, 0.25) is 5.91 Å². The minimum absolute atomic E-state index is 0.0702. The number of amides is 1. The molecule has 0 unspecified atom stereocenters. The fourth-order valence-corrected chi connectivity index (χ4v) is 6.22. The molecule has 0 saturated carbocycles. The Bertz CT molecular complexity index is 1350. The van der Waals surface area contributed by atoms with Crippen molar-refractivity contribution in [3.05, 3.63) is 77.1 Å². The second-order valence-corrected chi connectivity index (χ2v) is 11.4. The van der Waals surface area contributed by atoms with Gasteiger partial charge in [0.25, 0.3) is 10.0 Å². The van der Waals surface area contributed by atoms with Crippen LogP contribution in [0, 0.1) is 5.82 Å². The molecule has 0 radical (unpaired) electrons. The van der Waals surface area contributed by atoms with Gasteiger partial charge >= 0.3 is 0 Å². The van der Waals surface area contributed by atoms with Crippen LogP contribution in [-0.4, -0.2) is 54.0 Å². The molecule has 1 amide bonds. The van der Waals surface area contributed by atoms with E-state index in [1.54, 1.807) is 30.3 Å². The molecule has 0 bridgehead atoms. The molecule has 3 aromatic rings. The van der Waals surface area contributed by atoms with Crippen molar-refractivity contribution in [2.45, 2.75) is 17.6 Å². The predicted molar refractivity (Wildman–Crippen MR) is 152 cm³/mol. The maximum atomic E-state index is 13.9. The average Bonchev–Trinajstić information content (AvgIpc) is 2.93. The Kier molecular flexibility index (Phi) is 11.1. The molecule has 210 valence electrons. The summed E-state index contributed by atoms with van der Waals surface area (Å²) in [7, 11) is -1.32. The van der Waals surface area contributed by atoms with Crippen molar-refractivity contribution in [3.63, 3.8) is 0 Å². The van der Waals surface area contributed by atoms with E-state index in [2.05, 4.69) is 5.32 Å². The number of carbonyl (C=O) groups is 1. The van der Waals surface area contributed by atoms with Gasteiger partial charge in [0, 0.05) is 34.7 Å². The largest absolute Gasteiger partial charge is 0.494 e. The number of rotatable bonds is 14. The van der Waals surface area contributed by atoms with Crippen LogP contribution in [0.1, 0.15) is 12.5 Å². The fourth-order valence-electron chi connectivity index (χ4n) is 3.59. The fraction of sp³-hybridized carbons (Fsp3) is 0.296. The monoisotopic (exact) mass is 596 g/mol. The number of nitrogens with zero attached hydrogens (tertiary/aromatic N) is 1. The van der Waals surface area contributed by atoms with Gasteiger partial charge in [0.05, 0.1) is 31.4 Å². The second-order valence-electron chi connectivity index (χ2n) is 8.06. The number of benzene rings is 3. The Morgan fingerprint density at radius 3 is 2.41 bits per heavy atom. The minimum Gasteiger partial charge on any atom is -0.494 e. The first-order valence-corrected chi connectivity index (χ1v) is 14.9. The number of nitrogens with one attached hydrogen (secondary N) is 1. The molecule has 0 aromatic heterocycles. The molecule has 39 heavy (non-hydrogen) atoms. The van der Waals surface area contributed by atoms with Crippen molar-refractivity contribution < 1.29 is 31.8 Å². The Hall–Kier alpha value is -3.15. The summed E-state index contributed by atoms with van der Waals surface area (Å²) >= 11 is 7.45. The Morgan fingerprint density at radius 2 is 1.77 bits per heavy atom. The van der Waals surface area contributed by atoms with Crippen LogP contribution < -0.4 is 23.8 Å². The third kappa shape index (κ3) is 7.93. The van der Waals surface area contributed by atoms with Gasteiger partial charge in [-0.15, -0.1) is 0 Å². The second kappa shape index (κ2) is 14.3. The van der Waals surface area contributed by atoms with E-state index in [4.69, 9.17) is 25.8 Å². The van der Waals surface area contributed by atoms with E-state index in [0.29, 0.717) is 40.2 Å². The number of halogens is 2. The minimum atomic E-state index is -4.18. The zero-order valence-corrected chi connectivity index (χ0v) is 24.2. The summed E-state index contributed by atoms with van der Waals surface area (Å²) in [6.45, 7) is 2.09. The van der Waals surface area contributed by atoms with Crippen LogP contribution in [-0.2, 0) is 20.6 Å². The van der Waals surface area contributed by atoms with E-state index in [-0.39, 0.29) is 28.7 Å². The summed E-state index contributed by atoms with van der Waals surface area (Å²) in [6.07, 6.45) is 0. The molecule has 0 aliphatic heterocycles. The lowest BCUT2D eigenvalue weighted by molar-refractivity contribution is -0.119. The van der Waals surface area contributed by atoms with Gasteiger partial charge < -0.3 is 19.5 Å². The van der Waals surface area contributed by atoms with Crippen molar-refractivity contribution >= 4 is 45.0 Å². The van der Waals surface area contributed by atoms with E-state index in [1.165, 1.54) is 56.3 Å². The van der Waals surface area contributed by atoms with Gasteiger partial charge in [0.15, 0.2) is 11.5 Å². The number of hydrogen-bond donors (Lipinski definition) is 1. The molecular weight excluding hydrogens is 567 g/mol. The maximum Gasteiger partial charge on any atom is 0.264 e. The Labute approximate surface area is 237 Å². The van der Waals surface area contributed by atoms with Crippen LogP contribution in [0.25, 0.3) is 0 Å². The van der Waals surface area contributed by atoms with E-state index in [0.717, 1.165) is 4.31 Å².